The van der Waals surface area contributed by atoms with Crippen LogP contribution in [0.4, 0.5) is 0 Å². The first-order chi connectivity index (χ1) is 20.8. The van der Waals surface area contributed by atoms with Crippen LogP contribution in [0.25, 0.3) is 0 Å². The number of fused-ring (bicyclic) bond motifs is 1. The summed E-state index contributed by atoms with van der Waals surface area (Å²) in [6, 6.07) is 15.0. The van der Waals surface area contributed by atoms with E-state index in [2.05, 4.69) is 15.6 Å². The number of hydrogen-bond donors (Lipinski definition) is 4. The molecule has 1 aliphatic carbocycles. The number of hydrogen-bond acceptors (Lipinski definition) is 5. The number of ketones is 1. The lowest BCUT2D eigenvalue weighted by Gasteiger charge is -2.37. The van der Waals surface area contributed by atoms with E-state index in [-0.39, 0.29) is 55.4 Å². The van der Waals surface area contributed by atoms with Gasteiger partial charge in [0.05, 0.1) is 0 Å². The average molecular weight is 625 g/mol. The summed E-state index contributed by atoms with van der Waals surface area (Å²) in [7, 11) is 0. The SMILES string of the molecule is Cl.NC(N)=NCCC[C@H](NC(=O)[C@@H]1Cc2ccccc2CN1C(=O)CCC(=O)c1ccccc1)C(=O)NCC1CCCCC1. The van der Waals surface area contributed by atoms with E-state index in [1.54, 1.807) is 29.2 Å². The van der Waals surface area contributed by atoms with Gasteiger partial charge >= 0.3 is 0 Å². The predicted molar refractivity (Wildman–Crippen MR) is 173 cm³/mol. The molecule has 10 nitrogen and oxygen atoms in total. The molecule has 1 aliphatic heterocycles. The molecule has 4 rings (SSSR count). The maximum Gasteiger partial charge on any atom is 0.243 e. The number of benzene rings is 2. The van der Waals surface area contributed by atoms with Crippen molar-refractivity contribution in [3.05, 3.63) is 71.3 Å². The van der Waals surface area contributed by atoms with Gasteiger partial charge in [-0.05, 0) is 42.7 Å². The number of rotatable bonds is 13. The Morgan fingerprint density at radius 3 is 2.30 bits per heavy atom. The van der Waals surface area contributed by atoms with E-state index in [1.807, 2.05) is 30.3 Å². The van der Waals surface area contributed by atoms with Crippen molar-refractivity contribution in [2.45, 2.75) is 82.8 Å². The Morgan fingerprint density at radius 1 is 0.909 bits per heavy atom. The van der Waals surface area contributed by atoms with Crippen LogP contribution in [0, 0.1) is 5.92 Å². The second-order valence-electron chi connectivity index (χ2n) is 11.6. The molecule has 2 aromatic carbocycles. The highest BCUT2D eigenvalue weighted by Gasteiger charge is 2.36. The van der Waals surface area contributed by atoms with Crippen LogP contribution < -0.4 is 22.1 Å². The summed E-state index contributed by atoms with van der Waals surface area (Å²) in [6.45, 7) is 1.17. The van der Waals surface area contributed by atoms with Gasteiger partial charge in [0.2, 0.25) is 17.7 Å². The summed E-state index contributed by atoms with van der Waals surface area (Å²) < 4.78 is 0. The summed E-state index contributed by atoms with van der Waals surface area (Å²) in [5.74, 6) is -0.615. The number of aliphatic imine (C=N–C) groups is 1. The van der Waals surface area contributed by atoms with Crippen molar-refractivity contribution in [3.63, 3.8) is 0 Å². The van der Waals surface area contributed by atoms with E-state index in [0.717, 1.165) is 24.0 Å². The minimum Gasteiger partial charge on any atom is -0.370 e. The fraction of sp³-hybridized carbons (Fsp3) is 0.485. The second kappa shape index (κ2) is 17.4. The third kappa shape index (κ3) is 10.1. The van der Waals surface area contributed by atoms with Gasteiger partial charge in [0.15, 0.2) is 11.7 Å². The summed E-state index contributed by atoms with van der Waals surface area (Å²) >= 11 is 0. The molecule has 44 heavy (non-hydrogen) atoms. The molecule has 238 valence electrons. The van der Waals surface area contributed by atoms with Gasteiger partial charge in [0.1, 0.15) is 12.1 Å². The van der Waals surface area contributed by atoms with E-state index < -0.39 is 18.0 Å². The quantitative estimate of drug-likeness (QED) is 0.116. The first-order valence-corrected chi connectivity index (χ1v) is 15.4. The van der Waals surface area contributed by atoms with Crippen LogP contribution in [0.5, 0.6) is 0 Å². The van der Waals surface area contributed by atoms with Crippen molar-refractivity contribution >= 4 is 41.9 Å². The smallest absolute Gasteiger partial charge is 0.243 e. The van der Waals surface area contributed by atoms with Crippen molar-refractivity contribution in [2.24, 2.45) is 22.4 Å². The monoisotopic (exact) mass is 624 g/mol. The molecule has 2 atom stereocenters. The zero-order valence-electron chi connectivity index (χ0n) is 25.2. The van der Waals surface area contributed by atoms with Gasteiger partial charge in [-0.3, -0.25) is 24.2 Å². The Bertz CT molecular complexity index is 1290. The largest absolute Gasteiger partial charge is 0.370 e. The van der Waals surface area contributed by atoms with E-state index in [1.165, 1.54) is 19.3 Å². The Morgan fingerprint density at radius 2 is 1.59 bits per heavy atom. The zero-order chi connectivity index (χ0) is 30.6. The van der Waals surface area contributed by atoms with Crippen LogP contribution >= 0.6 is 12.4 Å². The summed E-state index contributed by atoms with van der Waals surface area (Å²) in [4.78, 5) is 58.9. The van der Waals surface area contributed by atoms with Gasteiger partial charge in [-0.1, -0.05) is 73.9 Å². The lowest BCUT2D eigenvalue weighted by molar-refractivity contribution is -0.142. The lowest BCUT2D eigenvalue weighted by atomic mass is 9.89. The van der Waals surface area contributed by atoms with Crippen LogP contribution in [0.2, 0.25) is 0 Å². The number of nitrogens with two attached hydrogens (primary N) is 2. The fourth-order valence-electron chi connectivity index (χ4n) is 5.95. The standard InChI is InChI=1S/C33H44N6O4.ClH/c34-33(35)36-19-9-16-27(31(42)37-21-23-10-3-1-4-11-23)38-32(43)28-20-25-14-7-8-15-26(25)22-39(28)30(41)18-17-29(40)24-12-5-2-6-13-24;/h2,5-8,12-15,23,27-28H,1,3-4,9-11,16-22H2,(H,37,42)(H,38,43)(H4,34,35,36);1H/t27-,28-;/m0./s1. The molecular weight excluding hydrogens is 580 g/mol. The number of Topliss-reactive ketones (excluding diaryl/α,β-unsaturated/α-hetero) is 1. The number of nitrogens with zero attached hydrogens (tertiary/aromatic N) is 2. The van der Waals surface area contributed by atoms with Crippen molar-refractivity contribution in [1.29, 1.82) is 0 Å². The Labute approximate surface area is 265 Å². The molecule has 11 heteroatoms. The number of amides is 3. The van der Waals surface area contributed by atoms with Gasteiger partial charge in [-0.15, -0.1) is 12.4 Å². The molecular formula is C33H45ClN6O4. The third-order valence-electron chi connectivity index (χ3n) is 8.40. The molecule has 6 N–H and O–H groups in total. The zero-order valence-corrected chi connectivity index (χ0v) is 26.0. The molecule has 1 saturated carbocycles. The maximum atomic E-state index is 13.8. The predicted octanol–water partition coefficient (Wildman–Crippen LogP) is 3.26. The topological polar surface area (TPSA) is 160 Å². The summed E-state index contributed by atoms with van der Waals surface area (Å²) in [6.07, 6.45) is 6.96. The van der Waals surface area contributed by atoms with Crippen molar-refractivity contribution in [1.82, 2.24) is 15.5 Å². The first-order valence-electron chi connectivity index (χ1n) is 15.4. The number of carbonyl (C=O) groups is 4. The van der Waals surface area contributed by atoms with Crippen LogP contribution in [0.3, 0.4) is 0 Å². The van der Waals surface area contributed by atoms with E-state index >= 15 is 0 Å². The number of nitrogens with one attached hydrogen (secondary N) is 2. The minimum atomic E-state index is -0.805. The third-order valence-corrected chi connectivity index (χ3v) is 8.40. The first kappa shape index (κ1) is 34.6. The second-order valence-corrected chi connectivity index (χ2v) is 11.6. The lowest BCUT2D eigenvalue weighted by Crippen LogP contribution is -2.57. The Balaban J connectivity index is 0.00000529. The molecule has 0 spiro atoms. The Kier molecular flexibility index (Phi) is 13.7. The highest BCUT2D eigenvalue weighted by molar-refractivity contribution is 5.98. The van der Waals surface area contributed by atoms with Crippen molar-refractivity contribution in [3.8, 4) is 0 Å². The molecule has 0 unspecified atom stereocenters. The van der Waals surface area contributed by atoms with Gasteiger partial charge in [-0.25, -0.2) is 0 Å². The highest BCUT2D eigenvalue weighted by atomic mass is 35.5. The molecule has 2 aromatic rings. The minimum absolute atomic E-state index is 0. The number of halogens is 1. The van der Waals surface area contributed by atoms with Crippen molar-refractivity contribution < 1.29 is 19.2 Å². The maximum absolute atomic E-state index is 13.8. The molecule has 3 amide bonds. The highest BCUT2D eigenvalue weighted by Crippen LogP contribution is 2.25. The van der Waals surface area contributed by atoms with Gasteiger partial charge in [-0.2, -0.15) is 0 Å². The normalized spacial score (nSPS) is 16.9. The molecule has 0 aromatic heterocycles. The van der Waals surface area contributed by atoms with E-state index in [4.69, 9.17) is 11.5 Å². The molecule has 0 radical (unpaired) electrons. The fourth-order valence-corrected chi connectivity index (χ4v) is 5.95. The van der Waals surface area contributed by atoms with E-state index in [0.29, 0.717) is 43.8 Å². The van der Waals surface area contributed by atoms with E-state index in [9.17, 15) is 19.2 Å². The van der Waals surface area contributed by atoms with Gasteiger partial charge < -0.3 is 27.0 Å². The Hall–Kier alpha value is -3.92. The number of carbonyl (C=O) groups excluding carboxylic acids is 4. The van der Waals surface area contributed by atoms with Crippen molar-refractivity contribution in [2.75, 3.05) is 13.1 Å². The van der Waals surface area contributed by atoms with Crippen LogP contribution in [-0.2, 0) is 27.3 Å². The number of guanidine groups is 1. The molecule has 0 bridgehead atoms. The summed E-state index contributed by atoms with van der Waals surface area (Å²) in [5, 5.41) is 6.00. The summed E-state index contributed by atoms with van der Waals surface area (Å²) in [5.41, 5.74) is 13.4. The van der Waals surface area contributed by atoms with Gasteiger partial charge in [0.25, 0.3) is 0 Å². The molecule has 1 fully saturated rings. The van der Waals surface area contributed by atoms with Crippen LogP contribution in [0.15, 0.2) is 59.6 Å². The molecule has 0 saturated heterocycles. The molecule has 2 aliphatic rings. The molecule has 1 heterocycles. The van der Waals surface area contributed by atoms with Gasteiger partial charge in [0, 0.05) is 44.5 Å². The van der Waals surface area contributed by atoms with Crippen LogP contribution in [-0.4, -0.2) is 59.5 Å². The van der Waals surface area contributed by atoms with Crippen LogP contribution in [0.1, 0.15) is 79.3 Å². The average Bonchev–Trinajstić information content (AvgIpc) is 3.03.